The van der Waals surface area contributed by atoms with Crippen LogP contribution >= 0.6 is 11.6 Å². The van der Waals surface area contributed by atoms with Crippen molar-refractivity contribution in [2.45, 2.75) is 39.2 Å². The van der Waals surface area contributed by atoms with Crippen molar-refractivity contribution in [3.8, 4) is 5.75 Å². The van der Waals surface area contributed by atoms with Gasteiger partial charge in [0.15, 0.2) is 0 Å². The second kappa shape index (κ2) is 8.90. The zero-order chi connectivity index (χ0) is 15.8. The lowest BCUT2D eigenvalue weighted by Crippen LogP contribution is -2.32. The maximum absolute atomic E-state index is 11.7. The van der Waals surface area contributed by atoms with E-state index in [1.54, 1.807) is 19.2 Å². The highest BCUT2D eigenvalue weighted by Crippen LogP contribution is 2.25. The van der Waals surface area contributed by atoms with Crippen LogP contribution in [0.4, 0.5) is 0 Å². The molecule has 1 aromatic carbocycles. The molecule has 1 atom stereocenters. The predicted molar refractivity (Wildman–Crippen MR) is 84.8 cm³/mol. The number of halogens is 1. The molecule has 118 valence electrons. The third kappa shape index (κ3) is 6.82. The van der Waals surface area contributed by atoms with E-state index in [0.717, 1.165) is 5.56 Å². The molecule has 0 aromatic heterocycles. The standard InChI is InChI=1S/C16H24ClNO3/c1-11(2)8-13(19)10-18-16(20)7-5-12-4-6-15(21-3)14(17)9-12/h4,6,9,11,13,19H,5,7-8,10H2,1-3H3,(H,18,20). The molecule has 0 saturated heterocycles. The Bertz CT molecular complexity index is 463. The van der Waals surface area contributed by atoms with Gasteiger partial charge in [-0.2, -0.15) is 0 Å². The van der Waals surface area contributed by atoms with Crippen molar-refractivity contribution in [1.82, 2.24) is 5.32 Å². The minimum absolute atomic E-state index is 0.0650. The molecule has 1 rings (SSSR count). The summed E-state index contributed by atoms with van der Waals surface area (Å²) in [6.07, 6.45) is 1.19. The van der Waals surface area contributed by atoms with E-state index in [4.69, 9.17) is 16.3 Å². The Hall–Kier alpha value is -1.26. The first-order valence-electron chi connectivity index (χ1n) is 7.19. The molecule has 0 heterocycles. The van der Waals surface area contributed by atoms with Gasteiger partial charge < -0.3 is 15.2 Å². The summed E-state index contributed by atoms with van der Waals surface area (Å²) in [7, 11) is 1.57. The number of rotatable bonds is 8. The van der Waals surface area contributed by atoms with Crippen LogP contribution in [0.3, 0.4) is 0 Å². The van der Waals surface area contributed by atoms with Crippen molar-refractivity contribution >= 4 is 17.5 Å². The summed E-state index contributed by atoms with van der Waals surface area (Å²) in [5.41, 5.74) is 0.985. The van der Waals surface area contributed by atoms with Crippen LogP contribution in [0, 0.1) is 5.92 Å². The average Bonchev–Trinajstić information content (AvgIpc) is 2.42. The van der Waals surface area contributed by atoms with Gasteiger partial charge in [-0.1, -0.05) is 31.5 Å². The molecule has 0 radical (unpaired) electrons. The number of carbonyl (C=O) groups is 1. The number of amides is 1. The fourth-order valence-corrected chi connectivity index (χ4v) is 2.35. The number of ether oxygens (including phenoxy) is 1. The second-order valence-electron chi connectivity index (χ2n) is 5.56. The van der Waals surface area contributed by atoms with Crippen LogP contribution in [-0.4, -0.2) is 30.8 Å². The van der Waals surface area contributed by atoms with E-state index >= 15 is 0 Å². The maximum atomic E-state index is 11.7. The average molecular weight is 314 g/mol. The number of hydrogen-bond donors (Lipinski definition) is 2. The summed E-state index contributed by atoms with van der Waals surface area (Å²) in [4.78, 5) is 11.7. The van der Waals surface area contributed by atoms with Gasteiger partial charge in [-0.25, -0.2) is 0 Å². The Morgan fingerprint density at radius 1 is 1.43 bits per heavy atom. The Kier molecular flexibility index (Phi) is 7.54. The predicted octanol–water partition coefficient (Wildman–Crippen LogP) is 2.80. The number of aryl methyl sites for hydroxylation is 1. The molecule has 0 fully saturated rings. The van der Waals surface area contributed by atoms with Crippen LogP contribution in [0.2, 0.25) is 5.02 Å². The smallest absolute Gasteiger partial charge is 0.220 e. The van der Waals surface area contributed by atoms with Gasteiger partial charge in [-0.15, -0.1) is 0 Å². The number of nitrogens with one attached hydrogen (secondary N) is 1. The number of methoxy groups -OCH3 is 1. The highest BCUT2D eigenvalue weighted by molar-refractivity contribution is 6.32. The molecule has 0 aliphatic rings. The highest BCUT2D eigenvalue weighted by Gasteiger charge is 2.09. The van der Waals surface area contributed by atoms with Crippen molar-refractivity contribution in [3.05, 3.63) is 28.8 Å². The van der Waals surface area contributed by atoms with Gasteiger partial charge in [-0.3, -0.25) is 4.79 Å². The van der Waals surface area contributed by atoms with Gasteiger partial charge in [0, 0.05) is 13.0 Å². The molecule has 2 N–H and O–H groups in total. The molecule has 1 amide bonds. The normalized spacial score (nSPS) is 12.3. The Balaban J connectivity index is 2.34. The summed E-state index contributed by atoms with van der Waals surface area (Å²) in [6.45, 7) is 4.39. The minimum atomic E-state index is -0.482. The minimum Gasteiger partial charge on any atom is -0.495 e. The molecule has 5 heteroatoms. The molecule has 4 nitrogen and oxygen atoms in total. The largest absolute Gasteiger partial charge is 0.495 e. The van der Waals surface area contributed by atoms with E-state index in [-0.39, 0.29) is 5.91 Å². The first kappa shape index (κ1) is 17.8. The number of aliphatic hydroxyl groups is 1. The topological polar surface area (TPSA) is 58.6 Å². The van der Waals surface area contributed by atoms with E-state index in [2.05, 4.69) is 5.32 Å². The van der Waals surface area contributed by atoms with Crippen LogP contribution in [0.1, 0.15) is 32.3 Å². The van der Waals surface area contributed by atoms with Crippen LogP contribution in [0.25, 0.3) is 0 Å². The van der Waals surface area contributed by atoms with Crippen molar-refractivity contribution in [1.29, 1.82) is 0 Å². The van der Waals surface area contributed by atoms with Gasteiger partial charge >= 0.3 is 0 Å². The van der Waals surface area contributed by atoms with Gasteiger partial charge in [0.05, 0.1) is 18.2 Å². The van der Waals surface area contributed by atoms with Crippen molar-refractivity contribution in [3.63, 3.8) is 0 Å². The van der Waals surface area contributed by atoms with Crippen LogP contribution in [0.15, 0.2) is 18.2 Å². The summed E-state index contributed by atoms with van der Waals surface area (Å²) < 4.78 is 5.08. The van der Waals surface area contributed by atoms with Crippen LogP contribution in [-0.2, 0) is 11.2 Å². The maximum Gasteiger partial charge on any atom is 0.220 e. The van der Waals surface area contributed by atoms with Crippen molar-refractivity contribution < 1.29 is 14.6 Å². The molecule has 21 heavy (non-hydrogen) atoms. The summed E-state index contributed by atoms with van der Waals surface area (Å²) >= 11 is 6.04. The molecule has 1 aromatic rings. The first-order chi connectivity index (χ1) is 9.92. The van der Waals surface area contributed by atoms with Gasteiger partial charge in [0.2, 0.25) is 5.91 Å². The monoisotopic (exact) mass is 313 g/mol. The Morgan fingerprint density at radius 2 is 2.14 bits per heavy atom. The summed E-state index contributed by atoms with van der Waals surface area (Å²) in [5, 5.41) is 13.0. The zero-order valence-electron chi connectivity index (χ0n) is 12.9. The second-order valence-corrected chi connectivity index (χ2v) is 5.96. The number of aliphatic hydroxyl groups excluding tert-OH is 1. The lowest BCUT2D eigenvalue weighted by Gasteiger charge is -2.13. The highest BCUT2D eigenvalue weighted by atomic mass is 35.5. The van der Waals surface area contributed by atoms with Gasteiger partial charge in [-0.05, 0) is 36.5 Å². The fourth-order valence-electron chi connectivity index (χ4n) is 2.07. The fraction of sp³-hybridized carbons (Fsp3) is 0.562. The molecule has 0 aliphatic heterocycles. The van der Waals surface area contributed by atoms with Gasteiger partial charge in [0.25, 0.3) is 0 Å². The first-order valence-corrected chi connectivity index (χ1v) is 7.57. The van der Waals surface area contributed by atoms with Gasteiger partial charge in [0.1, 0.15) is 5.75 Å². The van der Waals surface area contributed by atoms with Crippen LogP contribution in [0.5, 0.6) is 5.75 Å². The van der Waals surface area contributed by atoms with Crippen LogP contribution < -0.4 is 10.1 Å². The lowest BCUT2D eigenvalue weighted by atomic mass is 10.1. The molecule has 0 spiro atoms. The molecule has 0 aliphatic carbocycles. The van der Waals surface area contributed by atoms with E-state index in [1.807, 2.05) is 19.9 Å². The van der Waals surface area contributed by atoms with E-state index in [0.29, 0.717) is 42.5 Å². The molecular formula is C16H24ClNO3. The van der Waals surface area contributed by atoms with E-state index in [9.17, 15) is 9.90 Å². The van der Waals surface area contributed by atoms with E-state index in [1.165, 1.54) is 0 Å². The molecule has 0 bridgehead atoms. The van der Waals surface area contributed by atoms with Crippen molar-refractivity contribution in [2.24, 2.45) is 5.92 Å². The number of hydrogen-bond acceptors (Lipinski definition) is 3. The SMILES string of the molecule is COc1ccc(CCC(=O)NCC(O)CC(C)C)cc1Cl. The quantitative estimate of drug-likeness (QED) is 0.776. The molecular weight excluding hydrogens is 290 g/mol. The third-order valence-electron chi connectivity index (χ3n) is 3.14. The van der Waals surface area contributed by atoms with E-state index < -0.39 is 6.10 Å². The Morgan fingerprint density at radius 3 is 2.71 bits per heavy atom. The third-order valence-corrected chi connectivity index (χ3v) is 3.43. The number of carbonyl (C=O) groups excluding carboxylic acids is 1. The zero-order valence-corrected chi connectivity index (χ0v) is 13.6. The lowest BCUT2D eigenvalue weighted by molar-refractivity contribution is -0.121. The summed E-state index contributed by atoms with van der Waals surface area (Å²) in [5.74, 6) is 0.977. The molecule has 0 saturated carbocycles. The summed E-state index contributed by atoms with van der Waals surface area (Å²) in [6, 6.07) is 5.49. The van der Waals surface area contributed by atoms with Crippen molar-refractivity contribution in [2.75, 3.05) is 13.7 Å². The molecule has 1 unspecified atom stereocenters. The Labute approximate surface area is 131 Å². The number of benzene rings is 1.